The number of aryl methyl sites for hydroxylation is 2. The number of benzene rings is 1. The van der Waals surface area contributed by atoms with E-state index in [0.717, 1.165) is 25.7 Å². The van der Waals surface area contributed by atoms with Gasteiger partial charge in [0, 0.05) is 12.1 Å². The van der Waals surface area contributed by atoms with Crippen molar-refractivity contribution in [2.75, 3.05) is 0 Å². The summed E-state index contributed by atoms with van der Waals surface area (Å²) < 4.78 is 0. The molecule has 0 bridgehead atoms. The normalized spacial score (nSPS) is 27.9. The molecule has 2 heteroatoms. The van der Waals surface area contributed by atoms with Crippen LogP contribution in [0.1, 0.15) is 68.2 Å². The maximum atomic E-state index is 9.58. The summed E-state index contributed by atoms with van der Waals surface area (Å²) >= 11 is 0. The molecule has 0 saturated heterocycles. The van der Waals surface area contributed by atoms with E-state index in [1.54, 1.807) is 11.1 Å². The third-order valence-electron chi connectivity index (χ3n) is 5.05. The van der Waals surface area contributed by atoms with Crippen molar-refractivity contribution in [2.45, 2.75) is 76.5 Å². The van der Waals surface area contributed by atoms with Crippen molar-refractivity contribution in [3.05, 3.63) is 34.9 Å². The van der Waals surface area contributed by atoms with E-state index < -0.39 is 0 Å². The summed E-state index contributed by atoms with van der Waals surface area (Å²) in [6.07, 6.45) is 9.27. The van der Waals surface area contributed by atoms with Gasteiger partial charge >= 0.3 is 0 Å². The van der Waals surface area contributed by atoms with Gasteiger partial charge in [-0.1, -0.05) is 18.2 Å². The Morgan fingerprint density at radius 2 is 1.75 bits per heavy atom. The van der Waals surface area contributed by atoms with Gasteiger partial charge in [0.15, 0.2) is 0 Å². The summed E-state index contributed by atoms with van der Waals surface area (Å²) in [7, 11) is 0. The lowest BCUT2D eigenvalue weighted by molar-refractivity contribution is 0.114. The second-order valence-electron chi connectivity index (χ2n) is 6.63. The summed E-state index contributed by atoms with van der Waals surface area (Å²) in [4.78, 5) is 0. The van der Waals surface area contributed by atoms with E-state index in [0.29, 0.717) is 12.1 Å². The molecule has 1 aromatic rings. The SMILES string of the molecule is CC(NC1CCC(O)CC1)c1ccc2c(c1)CCCC2. The molecule has 2 N–H and O–H groups in total. The first-order valence-corrected chi connectivity index (χ1v) is 8.28. The van der Waals surface area contributed by atoms with E-state index in [1.807, 2.05) is 0 Å². The Kier molecular flexibility index (Phi) is 4.42. The molecule has 110 valence electrons. The first kappa shape index (κ1) is 14.1. The molecule has 0 aliphatic heterocycles. The molecule has 0 heterocycles. The number of hydrogen-bond donors (Lipinski definition) is 2. The van der Waals surface area contributed by atoms with Crippen LogP contribution in [0, 0.1) is 0 Å². The van der Waals surface area contributed by atoms with Crippen LogP contribution in [0.2, 0.25) is 0 Å². The average molecular weight is 273 g/mol. The maximum absolute atomic E-state index is 9.58. The van der Waals surface area contributed by atoms with E-state index in [1.165, 1.54) is 31.2 Å². The summed E-state index contributed by atoms with van der Waals surface area (Å²) in [6.45, 7) is 2.27. The largest absolute Gasteiger partial charge is 0.393 e. The zero-order chi connectivity index (χ0) is 13.9. The van der Waals surface area contributed by atoms with Crippen LogP contribution in [0.15, 0.2) is 18.2 Å². The van der Waals surface area contributed by atoms with E-state index in [9.17, 15) is 5.11 Å². The number of hydrogen-bond acceptors (Lipinski definition) is 2. The molecule has 0 amide bonds. The van der Waals surface area contributed by atoms with Crippen molar-refractivity contribution in [3.63, 3.8) is 0 Å². The van der Waals surface area contributed by atoms with E-state index in [4.69, 9.17) is 0 Å². The van der Waals surface area contributed by atoms with Gasteiger partial charge < -0.3 is 10.4 Å². The first-order valence-electron chi connectivity index (χ1n) is 8.28. The van der Waals surface area contributed by atoms with Crippen molar-refractivity contribution in [1.29, 1.82) is 0 Å². The van der Waals surface area contributed by atoms with Gasteiger partial charge in [-0.25, -0.2) is 0 Å². The lowest BCUT2D eigenvalue weighted by atomic mass is 9.88. The Morgan fingerprint density at radius 3 is 2.50 bits per heavy atom. The molecule has 1 atom stereocenters. The lowest BCUT2D eigenvalue weighted by Gasteiger charge is -2.29. The zero-order valence-electron chi connectivity index (χ0n) is 12.6. The Bertz CT molecular complexity index is 449. The minimum absolute atomic E-state index is 0.0629. The first-order chi connectivity index (χ1) is 9.72. The molecule has 20 heavy (non-hydrogen) atoms. The summed E-state index contributed by atoms with van der Waals surface area (Å²) in [5.41, 5.74) is 4.56. The minimum Gasteiger partial charge on any atom is -0.393 e. The van der Waals surface area contributed by atoms with Gasteiger partial charge in [0.05, 0.1) is 6.10 Å². The molecule has 1 saturated carbocycles. The molecular weight excluding hydrogens is 246 g/mol. The number of aliphatic hydroxyl groups is 1. The minimum atomic E-state index is -0.0629. The number of fused-ring (bicyclic) bond motifs is 1. The van der Waals surface area contributed by atoms with Crippen LogP contribution in [-0.2, 0) is 12.8 Å². The van der Waals surface area contributed by atoms with Gasteiger partial charge in [-0.05, 0) is 75.0 Å². The highest BCUT2D eigenvalue weighted by molar-refractivity contribution is 5.35. The van der Waals surface area contributed by atoms with Crippen LogP contribution in [-0.4, -0.2) is 17.3 Å². The number of aliphatic hydroxyl groups excluding tert-OH is 1. The third-order valence-corrected chi connectivity index (χ3v) is 5.05. The average Bonchev–Trinajstić information content (AvgIpc) is 2.49. The summed E-state index contributed by atoms with van der Waals surface area (Å²) in [6, 6.07) is 8.06. The maximum Gasteiger partial charge on any atom is 0.0541 e. The fraction of sp³-hybridized carbons (Fsp3) is 0.667. The molecule has 1 fully saturated rings. The van der Waals surface area contributed by atoms with E-state index >= 15 is 0 Å². The second-order valence-corrected chi connectivity index (χ2v) is 6.63. The molecule has 0 spiro atoms. The topological polar surface area (TPSA) is 32.3 Å². The molecule has 3 rings (SSSR count). The molecule has 2 aliphatic rings. The molecule has 0 radical (unpaired) electrons. The van der Waals surface area contributed by atoms with Crippen LogP contribution < -0.4 is 5.32 Å². The van der Waals surface area contributed by atoms with E-state index in [-0.39, 0.29) is 6.10 Å². The van der Waals surface area contributed by atoms with Crippen LogP contribution in [0.3, 0.4) is 0 Å². The molecule has 1 aromatic carbocycles. The van der Waals surface area contributed by atoms with Gasteiger partial charge in [-0.2, -0.15) is 0 Å². The van der Waals surface area contributed by atoms with Gasteiger partial charge in [0.2, 0.25) is 0 Å². The fourth-order valence-electron chi connectivity index (χ4n) is 3.71. The lowest BCUT2D eigenvalue weighted by Crippen LogP contribution is -2.36. The molecule has 2 nitrogen and oxygen atoms in total. The standard InChI is InChI=1S/C18H27NO/c1-13(19-17-8-10-18(20)11-9-17)15-7-6-14-4-2-3-5-16(14)12-15/h6-7,12-13,17-20H,2-5,8-11H2,1H3. The Hall–Kier alpha value is -0.860. The van der Waals surface area contributed by atoms with Crippen LogP contribution >= 0.6 is 0 Å². The van der Waals surface area contributed by atoms with Gasteiger partial charge in [-0.15, -0.1) is 0 Å². The van der Waals surface area contributed by atoms with Crippen LogP contribution in [0.25, 0.3) is 0 Å². The van der Waals surface area contributed by atoms with E-state index in [2.05, 4.69) is 30.4 Å². The number of rotatable bonds is 3. The van der Waals surface area contributed by atoms with Gasteiger partial charge in [0.1, 0.15) is 0 Å². The highest BCUT2D eigenvalue weighted by Crippen LogP contribution is 2.26. The molecule has 1 unspecified atom stereocenters. The van der Waals surface area contributed by atoms with Crippen molar-refractivity contribution in [2.24, 2.45) is 0 Å². The number of nitrogens with one attached hydrogen (secondary N) is 1. The van der Waals surface area contributed by atoms with Crippen LogP contribution in [0.5, 0.6) is 0 Å². The predicted octanol–water partition coefficient (Wildman–Crippen LogP) is 3.52. The molecule has 2 aliphatic carbocycles. The predicted molar refractivity (Wildman–Crippen MR) is 82.9 cm³/mol. The van der Waals surface area contributed by atoms with Crippen molar-refractivity contribution < 1.29 is 5.11 Å². The van der Waals surface area contributed by atoms with Crippen molar-refractivity contribution in [3.8, 4) is 0 Å². The molecular formula is C18H27NO. The summed E-state index contributed by atoms with van der Waals surface area (Å²) in [5.74, 6) is 0. The Balaban J connectivity index is 1.63. The summed E-state index contributed by atoms with van der Waals surface area (Å²) in [5, 5.41) is 13.3. The van der Waals surface area contributed by atoms with Crippen molar-refractivity contribution >= 4 is 0 Å². The second kappa shape index (κ2) is 6.28. The van der Waals surface area contributed by atoms with Crippen molar-refractivity contribution in [1.82, 2.24) is 5.32 Å². The smallest absolute Gasteiger partial charge is 0.0541 e. The molecule has 0 aromatic heterocycles. The van der Waals surface area contributed by atoms with Gasteiger partial charge in [0.25, 0.3) is 0 Å². The third kappa shape index (κ3) is 3.24. The van der Waals surface area contributed by atoms with Crippen LogP contribution in [0.4, 0.5) is 0 Å². The Labute approximate surface area is 122 Å². The Morgan fingerprint density at radius 1 is 1.05 bits per heavy atom. The monoisotopic (exact) mass is 273 g/mol. The zero-order valence-corrected chi connectivity index (χ0v) is 12.6. The highest BCUT2D eigenvalue weighted by Gasteiger charge is 2.21. The fourth-order valence-corrected chi connectivity index (χ4v) is 3.71. The van der Waals surface area contributed by atoms with Gasteiger partial charge in [-0.3, -0.25) is 0 Å². The highest BCUT2D eigenvalue weighted by atomic mass is 16.3. The quantitative estimate of drug-likeness (QED) is 0.883.